The molecule has 21 heavy (non-hydrogen) atoms. The number of nitrogens with zero attached hydrogens (tertiary/aromatic N) is 1. The molecule has 1 N–H and O–H groups in total. The Kier molecular flexibility index (Phi) is 5.94. The molecule has 2 nitrogen and oxygen atoms in total. The summed E-state index contributed by atoms with van der Waals surface area (Å²) in [5, 5.41) is 3.62. The maximum atomic E-state index is 4.26. The van der Waals surface area contributed by atoms with Gasteiger partial charge in [0, 0.05) is 12.4 Å². The van der Waals surface area contributed by atoms with Crippen LogP contribution in [0.1, 0.15) is 62.3 Å². The molecule has 1 aromatic heterocycles. The average molecular weight is 282 g/mol. The zero-order chi connectivity index (χ0) is 15.1. The predicted octanol–water partition coefficient (Wildman–Crippen LogP) is 4.68. The fourth-order valence-electron chi connectivity index (χ4n) is 2.52. The van der Waals surface area contributed by atoms with Crippen LogP contribution >= 0.6 is 0 Å². The van der Waals surface area contributed by atoms with Gasteiger partial charge in [-0.05, 0) is 48.1 Å². The molecule has 112 valence electrons. The summed E-state index contributed by atoms with van der Waals surface area (Å²) in [7, 11) is 0. The minimum absolute atomic E-state index is 0.227. The van der Waals surface area contributed by atoms with Crippen molar-refractivity contribution in [3.63, 3.8) is 0 Å². The topological polar surface area (TPSA) is 24.9 Å². The molecule has 2 aromatic rings. The highest BCUT2D eigenvalue weighted by Crippen LogP contribution is 2.25. The summed E-state index contributed by atoms with van der Waals surface area (Å²) in [6.45, 7) is 7.72. The van der Waals surface area contributed by atoms with Crippen molar-refractivity contribution in [3.05, 3.63) is 65.5 Å². The average Bonchev–Trinajstić information content (AvgIpc) is 2.56. The smallest absolute Gasteiger partial charge is 0.0591 e. The van der Waals surface area contributed by atoms with Crippen molar-refractivity contribution in [2.45, 2.75) is 45.6 Å². The molecule has 0 aliphatic carbocycles. The second-order valence-electron chi connectivity index (χ2n) is 5.65. The van der Waals surface area contributed by atoms with Gasteiger partial charge in [-0.25, -0.2) is 0 Å². The predicted molar refractivity (Wildman–Crippen MR) is 89.5 cm³/mol. The number of hydrogen-bond donors (Lipinski definition) is 1. The minimum Gasteiger partial charge on any atom is -0.306 e. The number of benzene rings is 1. The second-order valence-corrected chi connectivity index (χ2v) is 5.65. The highest BCUT2D eigenvalue weighted by molar-refractivity contribution is 5.33. The summed E-state index contributed by atoms with van der Waals surface area (Å²) >= 11 is 0. The third kappa shape index (κ3) is 4.15. The number of pyridine rings is 1. The third-order valence-electron chi connectivity index (χ3n) is 4.07. The summed E-state index contributed by atoms with van der Waals surface area (Å²) in [4.78, 5) is 4.26. The van der Waals surface area contributed by atoms with Gasteiger partial charge in [-0.15, -0.1) is 0 Å². The monoisotopic (exact) mass is 282 g/mol. The van der Waals surface area contributed by atoms with Gasteiger partial charge in [-0.1, -0.05) is 51.1 Å². The van der Waals surface area contributed by atoms with Crippen LogP contribution in [-0.2, 0) is 0 Å². The van der Waals surface area contributed by atoms with E-state index in [9.17, 15) is 0 Å². The van der Waals surface area contributed by atoms with E-state index in [1.54, 1.807) is 0 Å². The molecule has 0 amide bonds. The van der Waals surface area contributed by atoms with Crippen molar-refractivity contribution in [3.8, 4) is 0 Å². The summed E-state index contributed by atoms with van der Waals surface area (Å²) < 4.78 is 0. The number of rotatable bonds is 7. The quantitative estimate of drug-likeness (QED) is 0.797. The summed E-state index contributed by atoms with van der Waals surface area (Å²) in [5.41, 5.74) is 3.95. The van der Waals surface area contributed by atoms with E-state index in [4.69, 9.17) is 0 Å². The van der Waals surface area contributed by atoms with Crippen molar-refractivity contribution >= 4 is 0 Å². The van der Waals surface area contributed by atoms with Crippen LogP contribution in [0.3, 0.4) is 0 Å². The van der Waals surface area contributed by atoms with E-state index >= 15 is 0 Å². The lowest BCUT2D eigenvalue weighted by Gasteiger charge is -2.20. The van der Waals surface area contributed by atoms with E-state index in [2.05, 4.69) is 61.4 Å². The molecule has 1 heterocycles. The molecular weight excluding hydrogens is 256 g/mol. The van der Waals surface area contributed by atoms with Crippen molar-refractivity contribution in [2.75, 3.05) is 6.54 Å². The van der Waals surface area contributed by atoms with Crippen LogP contribution in [0.4, 0.5) is 0 Å². The first kappa shape index (κ1) is 15.7. The summed E-state index contributed by atoms with van der Waals surface area (Å²) in [6.07, 6.45) is 6.09. The van der Waals surface area contributed by atoms with Crippen LogP contribution in [0.25, 0.3) is 0 Å². The van der Waals surface area contributed by atoms with Crippen molar-refractivity contribution in [1.29, 1.82) is 0 Å². The number of aromatic nitrogens is 1. The Hall–Kier alpha value is -1.67. The largest absolute Gasteiger partial charge is 0.306 e. The van der Waals surface area contributed by atoms with E-state index in [0.29, 0.717) is 5.92 Å². The van der Waals surface area contributed by atoms with Gasteiger partial charge in [0.1, 0.15) is 0 Å². The van der Waals surface area contributed by atoms with E-state index in [1.165, 1.54) is 23.1 Å². The molecule has 1 aromatic carbocycles. The second kappa shape index (κ2) is 7.94. The molecule has 2 heteroatoms. The first-order valence-corrected chi connectivity index (χ1v) is 7.99. The fraction of sp³-hybridized carbons (Fsp3) is 0.421. The van der Waals surface area contributed by atoms with Gasteiger partial charge < -0.3 is 5.32 Å². The molecule has 2 atom stereocenters. The lowest BCUT2D eigenvalue weighted by atomic mass is 9.94. The van der Waals surface area contributed by atoms with E-state index < -0.39 is 0 Å². The normalized spacial score (nSPS) is 13.9. The van der Waals surface area contributed by atoms with Gasteiger partial charge in [0.05, 0.1) is 6.04 Å². The molecule has 2 unspecified atom stereocenters. The van der Waals surface area contributed by atoms with Crippen LogP contribution in [0.15, 0.2) is 48.8 Å². The Morgan fingerprint density at radius 3 is 2.29 bits per heavy atom. The van der Waals surface area contributed by atoms with Crippen LogP contribution < -0.4 is 5.32 Å². The highest BCUT2D eigenvalue weighted by Gasteiger charge is 2.13. The van der Waals surface area contributed by atoms with Gasteiger partial charge in [0.25, 0.3) is 0 Å². The van der Waals surface area contributed by atoms with Crippen molar-refractivity contribution in [2.24, 2.45) is 0 Å². The van der Waals surface area contributed by atoms with E-state index in [1.807, 2.05) is 18.5 Å². The molecule has 0 spiro atoms. The fourth-order valence-corrected chi connectivity index (χ4v) is 2.52. The Morgan fingerprint density at radius 1 is 1.00 bits per heavy atom. The van der Waals surface area contributed by atoms with E-state index in [0.717, 1.165) is 13.0 Å². The van der Waals surface area contributed by atoms with Crippen LogP contribution in [0, 0.1) is 0 Å². The Bertz CT molecular complexity index is 519. The standard InChI is InChI=1S/C19H26N2/c1-4-12-21-19(18-7-6-13-20-14-18)17-10-8-16(9-11-17)15(3)5-2/h6-11,13-15,19,21H,4-5,12H2,1-3H3. The molecule has 2 rings (SSSR count). The maximum Gasteiger partial charge on any atom is 0.0591 e. The third-order valence-corrected chi connectivity index (χ3v) is 4.07. The molecule has 0 saturated carbocycles. The zero-order valence-corrected chi connectivity index (χ0v) is 13.3. The maximum absolute atomic E-state index is 4.26. The molecule has 0 fully saturated rings. The number of nitrogens with one attached hydrogen (secondary N) is 1. The lowest BCUT2D eigenvalue weighted by molar-refractivity contribution is 0.596. The minimum atomic E-state index is 0.227. The van der Waals surface area contributed by atoms with Crippen molar-refractivity contribution in [1.82, 2.24) is 10.3 Å². The van der Waals surface area contributed by atoms with Crippen LogP contribution in [0.5, 0.6) is 0 Å². The van der Waals surface area contributed by atoms with Crippen molar-refractivity contribution < 1.29 is 0 Å². The van der Waals surface area contributed by atoms with Gasteiger partial charge in [-0.2, -0.15) is 0 Å². The summed E-state index contributed by atoms with van der Waals surface area (Å²) in [6, 6.07) is 13.4. The van der Waals surface area contributed by atoms with Gasteiger partial charge in [0.15, 0.2) is 0 Å². The first-order chi connectivity index (χ1) is 10.3. The van der Waals surface area contributed by atoms with Crippen LogP contribution in [-0.4, -0.2) is 11.5 Å². The zero-order valence-electron chi connectivity index (χ0n) is 13.3. The Labute approximate surface area is 128 Å². The molecule has 0 bridgehead atoms. The summed E-state index contributed by atoms with van der Waals surface area (Å²) in [5.74, 6) is 0.625. The highest BCUT2D eigenvalue weighted by atomic mass is 14.9. The van der Waals surface area contributed by atoms with Gasteiger partial charge in [-0.3, -0.25) is 4.98 Å². The first-order valence-electron chi connectivity index (χ1n) is 7.99. The number of hydrogen-bond acceptors (Lipinski definition) is 2. The van der Waals surface area contributed by atoms with Crippen LogP contribution in [0.2, 0.25) is 0 Å². The Morgan fingerprint density at radius 2 is 1.71 bits per heavy atom. The molecule has 0 aliphatic rings. The SMILES string of the molecule is CCCNC(c1ccc(C(C)CC)cc1)c1cccnc1. The van der Waals surface area contributed by atoms with E-state index in [-0.39, 0.29) is 6.04 Å². The molecule has 0 saturated heterocycles. The molecule has 0 radical (unpaired) electrons. The molecular formula is C19H26N2. The van der Waals surface area contributed by atoms with Gasteiger partial charge >= 0.3 is 0 Å². The Balaban J connectivity index is 2.24. The lowest BCUT2D eigenvalue weighted by Crippen LogP contribution is -2.23. The molecule has 0 aliphatic heterocycles. The van der Waals surface area contributed by atoms with Gasteiger partial charge in [0.2, 0.25) is 0 Å².